The Morgan fingerprint density at radius 1 is 1.03 bits per heavy atom. The minimum absolute atomic E-state index is 0.107. The Hall–Kier alpha value is -2.68. The standard InChI is InChI=1S/C28H38N4O3S/c1-20-6-2-3-7-21(20)12-15-29-17-14-25(34)32(23-8-4-5-9-23)19-18-30-16-13-22-10-11-24(33)26-27(22)36-28(35)31-26/h2-3,6-7,10-11,23,29-30,33H,4-5,8-9,12-19H2,1H3,(H,31,35). The zero-order valence-corrected chi connectivity index (χ0v) is 22.0. The van der Waals surface area contributed by atoms with E-state index in [1.165, 1.54) is 24.0 Å². The molecule has 0 atom stereocenters. The molecule has 0 saturated heterocycles. The van der Waals surface area contributed by atoms with E-state index in [-0.39, 0.29) is 16.5 Å². The number of aromatic hydroxyl groups is 1. The number of aromatic amines is 1. The molecular formula is C28H38N4O3S. The first-order valence-electron chi connectivity index (χ1n) is 13.1. The molecule has 1 aliphatic rings. The molecule has 0 unspecified atom stereocenters. The van der Waals surface area contributed by atoms with Gasteiger partial charge >= 0.3 is 4.87 Å². The van der Waals surface area contributed by atoms with Gasteiger partial charge in [-0.2, -0.15) is 0 Å². The second kappa shape index (κ2) is 13.0. The summed E-state index contributed by atoms with van der Waals surface area (Å²) < 4.78 is 0.819. The van der Waals surface area contributed by atoms with Crippen LogP contribution in [0.3, 0.4) is 0 Å². The second-order valence-electron chi connectivity index (χ2n) is 9.66. The fraction of sp³-hybridized carbons (Fsp3) is 0.500. The van der Waals surface area contributed by atoms with E-state index in [0.717, 1.165) is 73.5 Å². The summed E-state index contributed by atoms with van der Waals surface area (Å²) in [5.41, 5.74) is 4.23. The Labute approximate surface area is 216 Å². The van der Waals surface area contributed by atoms with Gasteiger partial charge in [-0.1, -0.05) is 54.5 Å². The molecule has 1 amide bonds. The van der Waals surface area contributed by atoms with Crippen molar-refractivity contribution in [3.05, 3.63) is 62.8 Å². The summed E-state index contributed by atoms with van der Waals surface area (Å²) in [5.74, 6) is 0.347. The molecule has 1 aliphatic carbocycles. The number of aromatic nitrogens is 1. The van der Waals surface area contributed by atoms with Gasteiger partial charge < -0.3 is 25.6 Å². The number of H-pyrrole nitrogens is 1. The van der Waals surface area contributed by atoms with E-state index in [2.05, 4.69) is 51.7 Å². The molecule has 1 fully saturated rings. The van der Waals surface area contributed by atoms with Gasteiger partial charge in [0.2, 0.25) is 5.91 Å². The van der Waals surface area contributed by atoms with Crippen molar-refractivity contribution in [2.24, 2.45) is 0 Å². The predicted octanol–water partition coefficient (Wildman–Crippen LogP) is 3.73. The van der Waals surface area contributed by atoms with Gasteiger partial charge in [0.25, 0.3) is 0 Å². The normalized spacial score (nSPS) is 14.0. The third-order valence-electron chi connectivity index (χ3n) is 7.17. The van der Waals surface area contributed by atoms with E-state index in [1.807, 2.05) is 6.07 Å². The van der Waals surface area contributed by atoms with Crippen LogP contribution >= 0.6 is 11.3 Å². The number of amides is 1. The number of carbonyl (C=O) groups is 1. The number of aryl methyl sites for hydroxylation is 1. The zero-order chi connectivity index (χ0) is 25.3. The fourth-order valence-electron chi connectivity index (χ4n) is 5.12. The van der Waals surface area contributed by atoms with Crippen molar-refractivity contribution >= 4 is 27.5 Å². The van der Waals surface area contributed by atoms with Crippen LogP contribution < -0.4 is 15.5 Å². The van der Waals surface area contributed by atoms with E-state index < -0.39 is 0 Å². The van der Waals surface area contributed by atoms with Crippen LogP contribution in [0.15, 0.2) is 41.2 Å². The van der Waals surface area contributed by atoms with Gasteiger partial charge in [0.1, 0.15) is 11.3 Å². The van der Waals surface area contributed by atoms with E-state index >= 15 is 0 Å². The van der Waals surface area contributed by atoms with Crippen LogP contribution in [-0.2, 0) is 17.6 Å². The molecule has 36 heavy (non-hydrogen) atoms. The zero-order valence-electron chi connectivity index (χ0n) is 21.1. The molecule has 0 bridgehead atoms. The van der Waals surface area contributed by atoms with Crippen LogP contribution in [0, 0.1) is 6.92 Å². The summed E-state index contributed by atoms with van der Waals surface area (Å²) in [6, 6.07) is 12.3. The Morgan fingerprint density at radius 3 is 2.53 bits per heavy atom. The average molecular weight is 511 g/mol. The lowest BCUT2D eigenvalue weighted by Gasteiger charge is -2.29. The molecule has 3 aromatic rings. The highest BCUT2D eigenvalue weighted by Crippen LogP contribution is 2.28. The van der Waals surface area contributed by atoms with Crippen LogP contribution in [-0.4, -0.2) is 59.7 Å². The number of rotatable bonds is 13. The summed E-state index contributed by atoms with van der Waals surface area (Å²) in [6.45, 7) is 5.93. The number of carbonyl (C=O) groups excluding carboxylic acids is 1. The maximum atomic E-state index is 13.1. The number of nitrogens with one attached hydrogen (secondary N) is 3. The van der Waals surface area contributed by atoms with Crippen molar-refractivity contribution in [3.8, 4) is 5.75 Å². The Balaban J connectivity index is 1.20. The molecule has 194 valence electrons. The molecule has 4 rings (SSSR count). The lowest BCUT2D eigenvalue weighted by Crippen LogP contribution is -2.44. The van der Waals surface area contributed by atoms with Crippen molar-refractivity contribution < 1.29 is 9.90 Å². The highest BCUT2D eigenvalue weighted by Gasteiger charge is 2.25. The third kappa shape index (κ3) is 6.96. The summed E-state index contributed by atoms with van der Waals surface area (Å²) in [7, 11) is 0. The van der Waals surface area contributed by atoms with Gasteiger partial charge in [-0.05, 0) is 68.5 Å². The lowest BCUT2D eigenvalue weighted by molar-refractivity contribution is -0.133. The van der Waals surface area contributed by atoms with Crippen molar-refractivity contribution in [2.75, 3.05) is 32.7 Å². The van der Waals surface area contributed by atoms with Crippen LogP contribution in [0.25, 0.3) is 10.2 Å². The van der Waals surface area contributed by atoms with Gasteiger partial charge in [-0.3, -0.25) is 9.59 Å². The quantitative estimate of drug-likeness (QED) is 0.263. The topological polar surface area (TPSA) is 97.5 Å². The minimum Gasteiger partial charge on any atom is -0.506 e. The molecule has 1 saturated carbocycles. The molecule has 2 aromatic carbocycles. The highest BCUT2D eigenvalue weighted by molar-refractivity contribution is 7.16. The molecule has 4 N–H and O–H groups in total. The number of hydrogen-bond acceptors (Lipinski definition) is 6. The number of nitrogens with zero attached hydrogens (tertiary/aromatic N) is 1. The molecule has 0 spiro atoms. The molecule has 1 heterocycles. The Morgan fingerprint density at radius 2 is 1.75 bits per heavy atom. The van der Waals surface area contributed by atoms with Gasteiger partial charge in [0, 0.05) is 32.1 Å². The van der Waals surface area contributed by atoms with Crippen molar-refractivity contribution in [3.63, 3.8) is 0 Å². The summed E-state index contributed by atoms with van der Waals surface area (Å²) >= 11 is 1.13. The second-order valence-corrected chi connectivity index (χ2v) is 10.6. The predicted molar refractivity (Wildman–Crippen MR) is 147 cm³/mol. The van der Waals surface area contributed by atoms with Crippen LogP contribution in [0.2, 0.25) is 0 Å². The first-order chi connectivity index (χ1) is 17.5. The Bertz CT molecular complexity index is 1200. The van der Waals surface area contributed by atoms with Gasteiger partial charge in [-0.15, -0.1) is 0 Å². The maximum Gasteiger partial charge on any atom is 0.305 e. The molecule has 7 nitrogen and oxygen atoms in total. The lowest BCUT2D eigenvalue weighted by atomic mass is 10.1. The van der Waals surface area contributed by atoms with Gasteiger partial charge in [-0.25, -0.2) is 0 Å². The van der Waals surface area contributed by atoms with Crippen molar-refractivity contribution in [2.45, 2.75) is 57.9 Å². The van der Waals surface area contributed by atoms with Crippen LogP contribution in [0.4, 0.5) is 0 Å². The molecule has 0 aliphatic heterocycles. The average Bonchev–Trinajstić information content (AvgIpc) is 3.54. The number of fused-ring (bicyclic) bond motifs is 1. The number of phenols is 1. The van der Waals surface area contributed by atoms with E-state index in [1.54, 1.807) is 6.07 Å². The number of thiazole rings is 1. The summed E-state index contributed by atoms with van der Waals surface area (Å²) in [5, 5.41) is 16.9. The SMILES string of the molecule is Cc1ccccc1CCNCCC(=O)N(CCNCCc1ccc(O)c2[nH]c(=O)sc12)C1CCCC1. The van der Waals surface area contributed by atoms with Crippen LogP contribution in [0.1, 0.15) is 48.8 Å². The van der Waals surface area contributed by atoms with Crippen molar-refractivity contribution in [1.29, 1.82) is 0 Å². The molecule has 8 heteroatoms. The number of hydrogen-bond donors (Lipinski definition) is 4. The largest absolute Gasteiger partial charge is 0.506 e. The van der Waals surface area contributed by atoms with Gasteiger partial charge in [0.15, 0.2) is 0 Å². The third-order valence-corrected chi connectivity index (χ3v) is 8.13. The molecular weight excluding hydrogens is 472 g/mol. The smallest absolute Gasteiger partial charge is 0.305 e. The monoisotopic (exact) mass is 510 g/mol. The highest BCUT2D eigenvalue weighted by atomic mass is 32.1. The summed E-state index contributed by atoms with van der Waals surface area (Å²) in [4.78, 5) is 29.5. The van der Waals surface area contributed by atoms with E-state index in [9.17, 15) is 14.7 Å². The van der Waals surface area contributed by atoms with E-state index in [4.69, 9.17) is 0 Å². The molecule has 1 aromatic heterocycles. The number of phenolic OH excluding ortho intramolecular Hbond substituents is 1. The van der Waals surface area contributed by atoms with Crippen molar-refractivity contribution in [1.82, 2.24) is 20.5 Å². The first kappa shape index (κ1) is 26.4. The number of benzene rings is 2. The first-order valence-corrected chi connectivity index (χ1v) is 13.9. The minimum atomic E-state index is -0.156. The van der Waals surface area contributed by atoms with Gasteiger partial charge in [0.05, 0.1) is 4.70 Å². The van der Waals surface area contributed by atoms with Crippen LogP contribution in [0.5, 0.6) is 5.75 Å². The van der Waals surface area contributed by atoms with E-state index in [0.29, 0.717) is 24.5 Å². The summed E-state index contributed by atoms with van der Waals surface area (Å²) in [6.07, 6.45) is 6.87. The molecule has 0 radical (unpaired) electrons. The Kier molecular flexibility index (Phi) is 9.55. The fourth-order valence-corrected chi connectivity index (χ4v) is 6.02. The maximum absolute atomic E-state index is 13.1.